The standard InChI is InChI=1S/C62H83N19O31P6S6/c1-7-31-32(8-43(101-31)77-15-28(3)56(82)73-60(77)86)108-114(90,120)96-21-41-36(12-47(105-41)80-25-70-49-52(64)66-23-68-54(49)80)112-118(94,124)99-20-40-34(10-45(104-40)78-16-29(4)57(83)74-61(78)87)109-115(91,121)98-19-39-35(11-46(103-39)79-17-30(5)58(84)75-62(79)88)110-116(92,122)100-22-42-37(13-48(106-42)81-26-71-50-53(65)67-24-69-55(50)81)111-117(93,123)97-18-38-33(107-113(89,119)95-6)9-44(102-38)76-14-27(2)51(63)72-59(76)85/h14-17,23-26,31-48H,7-13,18-22H2,1-6H3,(H,89,119)(H,90,120)(H,91,121)(H,92,122)(H,93,123)(H,94,124)(H2,63,72,85)(H2,64,66,68)(H2,65,67,69)(H,73,82,86)(H,74,83,87)(H,75,84,88)/p-6/t31-,32?,33?,34?,35?,36?,37?,38-,39-,40-,41-,42-,43-,44-,45-,46-,47-,48-,113?,114?,115?,116?,117?,118?/m1/s1. The minimum absolute atomic E-state index is 0.00731. The maximum absolute atomic E-state index is 14.8. The lowest BCUT2D eigenvalue weighted by atomic mass is 10.1. The zero-order valence-electron chi connectivity index (χ0n) is 65.3. The average Bonchev–Trinajstić information content (AvgIpc) is 1.63. The molecular weight excluding hydrogens is 1890 g/mol. The van der Waals surface area contributed by atoms with Crippen molar-refractivity contribution in [2.75, 3.05) is 57.3 Å². The molecule has 14 heterocycles. The van der Waals surface area contributed by atoms with Crippen molar-refractivity contribution in [2.45, 2.75) is 190 Å². The van der Waals surface area contributed by atoms with E-state index in [4.69, 9.17) is 171 Å². The molecule has 0 saturated carbocycles. The lowest BCUT2D eigenvalue weighted by Crippen LogP contribution is -2.34. The second-order valence-corrected chi connectivity index (χ2v) is 45.2. The first-order valence-electron chi connectivity index (χ1n) is 37.3. The smallest absolute Gasteiger partial charge is 0.351 e. The molecule has 6 aliphatic rings. The van der Waals surface area contributed by atoms with Gasteiger partial charge < -0.3 is 137 Å². The fraction of sp³-hybridized carbons (Fsp3) is 0.581. The Labute approximate surface area is 728 Å². The maximum atomic E-state index is 14.8. The van der Waals surface area contributed by atoms with Crippen molar-refractivity contribution in [2.24, 2.45) is 0 Å². The molecule has 678 valence electrons. The number of hydrogen-bond acceptors (Lipinski definition) is 47. The number of nitrogens with zero attached hydrogens (tertiary/aromatic N) is 13. The molecule has 0 amide bonds. The van der Waals surface area contributed by atoms with Crippen molar-refractivity contribution >= 4 is 151 Å². The molecule has 6 fully saturated rings. The maximum Gasteiger partial charge on any atom is 0.351 e. The van der Waals surface area contributed by atoms with Crippen molar-refractivity contribution in [1.29, 1.82) is 0 Å². The van der Waals surface area contributed by atoms with Crippen LogP contribution in [0.3, 0.4) is 0 Å². The van der Waals surface area contributed by atoms with Crippen LogP contribution in [-0.2, 0) is 159 Å². The Kier molecular flexibility index (Phi) is 29.0. The first-order valence-corrected chi connectivity index (χ1v) is 52.6. The summed E-state index contributed by atoms with van der Waals surface area (Å²) in [6, 6.07) is 0. The number of imidazole rings is 2. The largest absolute Gasteiger partial charge is 0.780 e. The van der Waals surface area contributed by atoms with Crippen LogP contribution >= 0.6 is 40.4 Å². The van der Waals surface area contributed by atoms with E-state index in [1.54, 1.807) is 13.8 Å². The second-order valence-electron chi connectivity index (χ2n) is 28.9. The van der Waals surface area contributed by atoms with E-state index < -0.39 is 236 Å². The summed E-state index contributed by atoms with van der Waals surface area (Å²) in [5, 5.41) is 0. The summed E-state index contributed by atoms with van der Waals surface area (Å²) in [7, 11) is 1.05. The lowest BCUT2D eigenvalue weighted by Gasteiger charge is -2.36. The number of ether oxygens (including phenoxy) is 6. The van der Waals surface area contributed by atoms with E-state index in [1.165, 1.54) is 61.3 Å². The van der Waals surface area contributed by atoms with Crippen molar-refractivity contribution < 1.29 is 112 Å². The highest BCUT2D eigenvalue weighted by atomic mass is 32.7. The molecule has 0 aromatic carbocycles. The van der Waals surface area contributed by atoms with Gasteiger partial charge in [-0.25, -0.2) is 49.1 Å². The summed E-state index contributed by atoms with van der Waals surface area (Å²) in [4.78, 5) is 197. The van der Waals surface area contributed by atoms with Gasteiger partial charge in [-0.05, 0) is 34.1 Å². The summed E-state index contributed by atoms with van der Waals surface area (Å²) < 4.78 is 129. The Hall–Kier alpha value is -5.67. The Morgan fingerprint density at radius 2 is 0.710 bits per heavy atom. The van der Waals surface area contributed by atoms with Gasteiger partial charge >= 0.3 is 22.8 Å². The number of H-pyrrole nitrogens is 3. The summed E-state index contributed by atoms with van der Waals surface area (Å²) in [6.45, 7) is -24.8. The van der Waals surface area contributed by atoms with Gasteiger partial charge in [0.2, 0.25) is 0 Å². The zero-order valence-corrected chi connectivity index (χ0v) is 75.6. The first-order chi connectivity index (χ1) is 58.4. The van der Waals surface area contributed by atoms with Gasteiger partial charge in [-0.1, -0.05) is 66.0 Å². The molecule has 12 unspecified atom stereocenters. The molecule has 0 radical (unpaired) electrons. The average molecular weight is 1960 g/mol. The van der Waals surface area contributed by atoms with Crippen molar-refractivity contribution in [3.8, 4) is 0 Å². The number of rotatable bonds is 35. The van der Waals surface area contributed by atoms with Gasteiger partial charge in [-0.3, -0.25) is 61.3 Å². The molecule has 8 aromatic heterocycles. The van der Waals surface area contributed by atoms with Gasteiger partial charge in [-0.2, -0.15) is 4.98 Å². The summed E-state index contributed by atoms with van der Waals surface area (Å²) in [6.07, 6.45) is -14.8. The minimum atomic E-state index is -5.00. The topological polar surface area (TPSA) is 663 Å². The Morgan fingerprint density at radius 1 is 0.419 bits per heavy atom. The van der Waals surface area contributed by atoms with Crippen molar-refractivity contribution in [1.82, 2.24) is 77.2 Å². The molecule has 50 nitrogen and oxygen atoms in total. The molecule has 0 spiro atoms. The van der Waals surface area contributed by atoms with Crippen LogP contribution < -0.4 is 81.1 Å². The van der Waals surface area contributed by atoms with Gasteiger partial charge in [0.25, 0.3) is 16.7 Å². The van der Waals surface area contributed by atoms with Crippen LogP contribution in [-0.4, -0.2) is 191 Å². The van der Waals surface area contributed by atoms with E-state index in [2.05, 4.69) is 49.8 Å². The monoisotopic (exact) mass is 1960 g/mol. The van der Waals surface area contributed by atoms with Gasteiger partial charge in [-0.15, -0.1) is 0 Å². The molecule has 62 heteroatoms. The predicted molar refractivity (Wildman–Crippen MR) is 439 cm³/mol. The Bertz CT molecular complexity index is 6130. The summed E-state index contributed by atoms with van der Waals surface area (Å²) >= 11 is 32.3. The molecular formula is C62H77N19O31P6S6-6. The quantitative estimate of drug-likeness (QED) is 0.0191. The summed E-state index contributed by atoms with van der Waals surface area (Å²) in [5.41, 5.74) is 13.8. The number of aryl methyl sites for hydroxylation is 4. The number of hydrogen-bond donors (Lipinski definition) is 6. The highest BCUT2D eigenvalue weighted by Gasteiger charge is 2.48. The molecule has 6 saturated heterocycles. The van der Waals surface area contributed by atoms with E-state index in [0.29, 0.717) is 12.0 Å². The third kappa shape index (κ3) is 22.0. The van der Waals surface area contributed by atoms with E-state index in [-0.39, 0.29) is 82.2 Å². The van der Waals surface area contributed by atoms with Crippen LogP contribution in [0.4, 0.5) is 17.5 Å². The number of nitrogens with one attached hydrogen (secondary N) is 3. The van der Waals surface area contributed by atoms with Crippen LogP contribution in [0, 0.1) is 27.7 Å². The van der Waals surface area contributed by atoms with Crippen LogP contribution in [0.15, 0.2) is 83.7 Å². The van der Waals surface area contributed by atoms with Crippen LogP contribution in [0.5, 0.6) is 0 Å². The number of nitrogens with two attached hydrogens (primary N) is 3. The molecule has 124 heavy (non-hydrogen) atoms. The highest BCUT2D eigenvalue weighted by molar-refractivity contribution is 8.32. The highest BCUT2D eigenvalue weighted by Crippen LogP contribution is 2.56. The van der Waals surface area contributed by atoms with Gasteiger partial charge in [0, 0.05) is 92.7 Å². The lowest BCUT2D eigenvalue weighted by molar-refractivity contribution is -0.221. The molecule has 0 bridgehead atoms. The second kappa shape index (κ2) is 38.0. The number of fused-ring (bicyclic) bond motifs is 2. The fourth-order valence-electron chi connectivity index (χ4n) is 14.4. The Morgan fingerprint density at radius 3 is 1.05 bits per heavy atom. The number of aromatic nitrogens is 16. The SMILES string of the molecule is CC[C@H]1O[C@@H](n2cc(C)c(=O)[nH]c2=O)CC1OP([O-])(=S)OC[C@H]1O[C@@H](n2cnc3c(N)ncnc32)CC1OP(=O)([S-])OC[C@H]1O[C@@H](n2cc(C)c(=O)[nH]c2=O)CC1OP([O-])(=S)OC[C@H]1O[C@@H](n2cc(C)c(=O)[nH]c2=O)CC1OP([O-])(=S)OC[C@H]1O[C@@H](n2cnc3c(N)ncnc32)CC1OP([O-])(=S)OC[C@H]1O[C@@H](n2cc(C)c(N)nc2=O)CC1OP([O-])(=S)OC. The van der Waals surface area contributed by atoms with Crippen LogP contribution in [0.2, 0.25) is 0 Å². The normalized spacial score (nSPS) is 29.6. The first kappa shape index (κ1) is 94.4. The third-order valence-electron chi connectivity index (χ3n) is 20.5. The van der Waals surface area contributed by atoms with E-state index >= 15 is 0 Å². The van der Waals surface area contributed by atoms with Crippen molar-refractivity contribution in [3.63, 3.8) is 0 Å². The molecule has 6 aliphatic heterocycles. The summed E-state index contributed by atoms with van der Waals surface area (Å²) in [5.74, 6) is -0.0461. The zero-order chi connectivity index (χ0) is 89.2. The van der Waals surface area contributed by atoms with E-state index in [0.717, 1.165) is 44.1 Å². The van der Waals surface area contributed by atoms with Gasteiger partial charge in [0.15, 0.2) is 29.7 Å². The molecule has 24 atom stereocenters. The third-order valence-corrected chi connectivity index (χ3v) is 30.1. The van der Waals surface area contributed by atoms with Gasteiger partial charge in [0.1, 0.15) is 131 Å². The number of nitrogen functional groups attached to an aromatic ring is 3. The molecule has 9 N–H and O–H groups in total. The Balaban J connectivity index is 0.670. The molecule has 8 aromatic rings. The van der Waals surface area contributed by atoms with Crippen molar-refractivity contribution in [3.05, 3.63) is 145 Å². The van der Waals surface area contributed by atoms with Crippen LogP contribution in [0.25, 0.3) is 22.3 Å². The predicted octanol–water partition coefficient (Wildman–Crippen LogP) is -1.69. The van der Waals surface area contributed by atoms with E-state index in [9.17, 15) is 62.6 Å². The van der Waals surface area contributed by atoms with Gasteiger partial charge in [0.05, 0.1) is 88.4 Å². The fourth-order valence-corrected chi connectivity index (χ4v) is 22.6. The molecule has 14 rings (SSSR count). The molecule has 0 aliphatic carbocycles. The van der Waals surface area contributed by atoms with Crippen LogP contribution in [0.1, 0.15) is 111 Å². The number of anilines is 3. The number of aromatic amines is 3. The van der Waals surface area contributed by atoms with E-state index in [1.807, 2.05) is 0 Å². The minimum Gasteiger partial charge on any atom is -0.780 e.